The van der Waals surface area contributed by atoms with E-state index in [0.29, 0.717) is 0 Å². The molecule has 1 N–H and O–H groups in total. The third kappa shape index (κ3) is 8.00. The van der Waals surface area contributed by atoms with Gasteiger partial charge in [0.25, 0.3) is 0 Å². The van der Waals surface area contributed by atoms with E-state index >= 15 is 0 Å². The van der Waals surface area contributed by atoms with Gasteiger partial charge in [0.2, 0.25) is 0 Å². The molecule has 0 radical (unpaired) electrons. The molecule has 0 heterocycles. The van der Waals surface area contributed by atoms with Crippen molar-refractivity contribution in [1.82, 2.24) is 4.98 Å². The van der Waals surface area contributed by atoms with Gasteiger partial charge in [0.15, 0.2) is 8.24 Å². The van der Waals surface area contributed by atoms with Crippen LogP contribution in [0.2, 0.25) is 39.3 Å². The highest BCUT2D eigenvalue weighted by Crippen LogP contribution is 2.03. The van der Waals surface area contributed by atoms with Crippen molar-refractivity contribution in [1.29, 1.82) is 0 Å². The fourth-order valence-electron chi connectivity index (χ4n) is 1.07. The Balaban J connectivity index is 4.23. The Kier molecular flexibility index (Phi) is 3.71. The average molecular weight is 202 g/mol. The molecule has 0 aromatic rings. The van der Waals surface area contributed by atoms with Crippen molar-refractivity contribution >= 4 is 22.3 Å². The molecular formula is C8H22N2Si2. The van der Waals surface area contributed by atoms with E-state index in [0.717, 1.165) is 5.84 Å². The molecule has 4 heteroatoms. The Morgan fingerprint density at radius 2 is 1.42 bits per heavy atom. The molecule has 0 aromatic carbocycles. The third-order valence-electron chi connectivity index (χ3n) is 1.06. The van der Waals surface area contributed by atoms with Gasteiger partial charge in [-0.05, 0) is 26.6 Å². The Hall–Kier alpha value is -0.0962. The minimum absolute atomic E-state index is 1.13. The van der Waals surface area contributed by atoms with Crippen LogP contribution in [-0.4, -0.2) is 22.3 Å². The summed E-state index contributed by atoms with van der Waals surface area (Å²) in [6.45, 7) is 15.7. The Labute approximate surface area is 78.7 Å². The van der Waals surface area contributed by atoms with E-state index in [1.54, 1.807) is 0 Å². The van der Waals surface area contributed by atoms with Crippen molar-refractivity contribution in [2.45, 2.75) is 46.2 Å². The minimum Gasteiger partial charge on any atom is -0.401 e. The summed E-state index contributed by atoms with van der Waals surface area (Å²) in [5.41, 5.74) is 0. The van der Waals surface area contributed by atoms with Crippen LogP contribution in [-0.2, 0) is 0 Å². The van der Waals surface area contributed by atoms with Crippen LogP contribution in [0.3, 0.4) is 0 Å². The van der Waals surface area contributed by atoms with Crippen LogP contribution in [0, 0.1) is 0 Å². The summed E-state index contributed by atoms with van der Waals surface area (Å²) in [5.74, 6) is 1.13. The second-order valence-corrected chi connectivity index (χ2v) is 14.6. The number of nitrogens with one attached hydrogen (secondary N) is 1. The van der Waals surface area contributed by atoms with Crippen LogP contribution in [0.4, 0.5) is 0 Å². The normalized spacial score (nSPS) is 14.8. The lowest BCUT2D eigenvalue weighted by molar-refractivity contribution is 1.29. The summed E-state index contributed by atoms with van der Waals surface area (Å²) in [4.78, 5) is 3.50. The largest absolute Gasteiger partial charge is 0.401 e. The zero-order valence-electron chi connectivity index (χ0n) is 9.45. The lowest BCUT2D eigenvalue weighted by Gasteiger charge is -2.21. The van der Waals surface area contributed by atoms with Crippen molar-refractivity contribution in [3.63, 3.8) is 0 Å². The van der Waals surface area contributed by atoms with E-state index in [1.165, 1.54) is 0 Å². The maximum Gasteiger partial charge on any atom is 0.174 e. The van der Waals surface area contributed by atoms with E-state index in [1.807, 2.05) is 0 Å². The lowest BCUT2D eigenvalue weighted by atomic mass is 10.7. The van der Waals surface area contributed by atoms with Crippen LogP contribution < -0.4 is 4.98 Å². The molecule has 0 unspecified atom stereocenters. The Morgan fingerprint density at radius 3 is 1.67 bits per heavy atom. The fourth-order valence-corrected chi connectivity index (χ4v) is 3.39. The molecule has 72 valence electrons. The van der Waals surface area contributed by atoms with Gasteiger partial charge in [-0.25, -0.2) is 0 Å². The van der Waals surface area contributed by atoms with Crippen molar-refractivity contribution in [2.24, 2.45) is 4.66 Å². The summed E-state index contributed by atoms with van der Waals surface area (Å²) in [5, 5.41) is 0. The monoisotopic (exact) mass is 202 g/mol. The summed E-state index contributed by atoms with van der Waals surface area (Å²) >= 11 is 0. The SMILES string of the molecule is C/C(=N\[Si](C)(C)C)N[Si](C)(C)C. The summed E-state index contributed by atoms with van der Waals surface area (Å²) in [6, 6.07) is 0. The molecule has 0 amide bonds. The van der Waals surface area contributed by atoms with Crippen LogP contribution in [0.1, 0.15) is 6.92 Å². The van der Waals surface area contributed by atoms with Crippen molar-refractivity contribution in [3.8, 4) is 0 Å². The van der Waals surface area contributed by atoms with Gasteiger partial charge < -0.3 is 9.64 Å². The van der Waals surface area contributed by atoms with Gasteiger partial charge in [-0.15, -0.1) is 0 Å². The number of nitrogens with zero attached hydrogens (tertiary/aromatic N) is 1. The highest BCUT2D eigenvalue weighted by atomic mass is 28.3. The lowest BCUT2D eigenvalue weighted by Crippen LogP contribution is -2.45. The molecule has 0 aliphatic rings. The topological polar surface area (TPSA) is 24.4 Å². The molecule has 12 heavy (non-hydrogen) atoms. The average Bonchev–Trinajstić information content (AvgIpc) is 1.49. The highest BCUT2D eigenvalue weighted by molar-refractivity contribution is 6.78. The first kappa shape index (κ1) is 11.9. The van der Waals surface area contributed by atoms with Gasteiger partial charge in [0.05, 0.1) is 5.84 Å². The second-order valence-electron chi connectivity index (χ2n) is 5.24. The molecule has 0 spiro atoms. The van der Waals surface area contributed by atoms with Crippen LogP contribution >= 0.6 is 0 Å². The Morgan fingerprint density at radius 1 is 1.00 bits per heavy atom. The van der Waals surface area contributed by atoms with Gasteiger partial charge in [0.1, 0.15) is 8.24 Å². The predicted octanol–water partition coefficient (Wildman–Crippen LogP) is 2.66. The van der Waals surface area contributed by atoms with E-state index in [-0.39, 0.29) is 0 Å². The van der Waals surface area contributed by atoms with E-state index in [2.05, 4.69) is 55.8 Å². The van der Waals surface area contributed by atoms with Crippen molar-refractivity contribution in [2.75, 3.05) is 0 Å². The van der Waals surface area contributed by atoms with Gasteiger partial charge in [-0.2, -0.15) is 0 Å². The van der Waals surface area contributed by atoms with Gasteiger partial charge in [-0.1, -0.05) is 19.6 Å². The smallest absolute Gasteiger partial charge is 0.174 e. The van der Waals surface area contributed by atoms with Crippen molar-refractivity contribution in [3.05, 3.63) is 0 Å². The maximum atomic E-state index is 4.67. The van der Waals surface area contributed by atoms with E-state index in [9.17, 15) is 0 Å². The number of hydrogen-bond acceptors (Lipinski definition) is 1. The molecular weight excluding hydrogens is 180 g/mol. The molecule has 0 saturated carbocycles. The summed E-state index contributed by atoms with van der Waals surface area (Å²) in [7, 11) is -2.45. The van der Waals surface area contributed by atoms with E-state index in [4.69, 9.17) is 0 Å². The van der Waals surface area contributed by atoms with Gasteiger partial charge in [-0.3, -0.25) is 0 Å². The number of amidine groups is 1. The number of rotatable bonds is 2. The first-order valence-electron chi connectivity index (χ1n) is 4.45. The molecule has 0 atom stereocenters. The first-order chi connectivity index (χ1) is 5.10. The molecule has 0 aliphatic heterocycles. The summed E-state index contributed by atoms with van der Waals surface area (Å²) in [6.07, 6.45) is 0. The van der Waals surface area contributed by atoms with Crippen LogP contribution in [0.15, 0.2) is 4.66 Å². The Bertz CT molecular complexity index is 174. The number of hydrogen-bond donors (Lipinski definition) is 1. The molecule has 0 saturated heterocycles. The quantitative estimate of drug-likeness (QED) is 0.415. The molecule has 0 bridgehead atoms. The summed E-state index contributed by atoms with van der Waals surface area (Å²) < 4.78 is 4.67. The van der Waals surface area contributed by atoms with Crippen LogP contribution in [0.5, 0.6) is 0 Å². The predicted molar refractivity (Wildman–Crippen MR) is 62.9 cm³/mol. The van der Waals surface area contributed by atoms with Gasteiger partial charge >= 0.3 is 0 Å². The molecule has 0 aliphatic carbocycles. The zero-order valence-corrected chi connectivity index (χ0v) is 11.4. The van der Waals surface area contributed by atoms with Gasteiger partial charge in [0, 0.05) is 0 Å². The molecule has 2 nitrogen and oxygen atoms in total. The standard InChI is InChI=1S/C8H22N2Si2/c1-8(9-11(2,3)4)10-12(5,6)7/h1-7H3,(H,9,10). The molecule has 0 rings (SSSR count). The fraction of sp³-hybridized carbons (Fsp3) is 0.875. The highest BCUT2D eigenvalue weighted by Gasteiger charge is 2.16. The minimum atomic E-state index is -1.27. The van der Waals surface area contributed by atoms with Crippen LogP contribution in [0.25, 0.3) is 0 Å². The first-order valence-corrected chi connectivity index (χ1v) is 11.4. The molecule has 0 fully saturated rings. The van der Waals surface area contributed by atoms with E-state index < -0.39 is 16.5 Å². The van der Waals surface area contributed by atoms with Crippen molar-refractivity contribution < 1.29 is 0 Å². The zero-order chi connectivity index (χ0) is 9.99. The second kappa shape index (κ2) is 3.74. The third-order valence-corrected chi connectivity index (χ3v) is 3.18. The maximum absolute atomic E-state index is 4.67. The molecule has 0 aromatic heterocycles.